The van der Waals surface area contributed by atoms with Crippen molar-refractivity contribution in [3.8, 4) is 0 Å². The van der Waals surface area contributed by atoms with Crippen LogP contribution in [0.3, 0.4) is 0 Å². The van der Waals surface area contributed by atoms with Crippen LogP contribution in [0.4, 0.5) is 5.69 Å². The fourth-order valence-electron chi connectivity index (χ4n) is 1.13. The summed E-state index contributed by atoms with van der Waals surface area (Å²) in [6, 6.07) is 4.82. The quantitative estimate of drug-likeness (QED) is 0.686. The van der Waals surface area contributed by atoms with Crippen molar-refractivity contribution in [2.24, 2.45) is 10.2 Å². The van der Waals surface area contributed by atoms with E-state index in [9.17, 15) is 4.79 Å². The standard InChI is InChI=1S/C8H6N2O2/c11-8(12)5-1-2-7-6(3-5)4-9-10-7/h1-3H,4H2,(H,11,12). The van der Waals surface area contributed by atoms with Crippen molar-refractivity contribution < 1.29 is 9.90 Å². The van der Waals surface area contributed by atoms with Crippen LogP contribution in [0.1, 0.15) is 15.9 Å². The second kappa shape index (κ2) is 2.41. The third kappa shape index (κ3) is 0.972. The van der Waals surface area contributed by atoms with Crippen LogP contribution < -0.4 is 0 Å². The number of azo groups is 1. The average molecular weight is 162 g/mol. The maximum Gasteiger partial charge on any atom is 0.335 e. The Balaban J connectivity index is 2.49. The molecular weight excluding hydrogens is 156 g/mol. The number of rotatable bonds is 1. The van der Waals surface area contributed by atoms with E-state index < -0.39 is 5.97 Å². The maximum atomic E-state index is 10.5. The van der Waals surface area contributed by atoms with Gasteiger partial charge in [-0.05, 0) is 18.2 Å². The third-order valence-corrected chi connectivity index (χ3v) is 1.75. The van der Waals surface area contributed by atoms with E-state index >= 15 is 0 Å². The molecule has 1 aliphatic heterocycles. The number of hydrogen-bond donors (Lipinski definition) is 1. The summed E-state index contributed by atoms with van der Waals surface area (Å²) < 4.78 is 0. The van der Waals surface area contributed by atoms with E-state index in [-0.39, 0.29) is 0 Å². The monoisotopic (exact) mass is 162 g/mol. The molecule has 0 atom stereocenters. The first-order chi connectivity index (χ1) is 5.77. The van der Waals surface area contributed by atoms with Gasteiger partial charge < -0.3 is 5.11 Å². The predicted octanol–water partition coefficient (Wildman–Crippen LogP) is 1.98. The number of carbonyl (C=O) groups is 1. The Hall–Kier alpha value is -1.71. The molecule has 1 heterocycles. The van der Waals surface area contributed by atoms with Crippen molar-refractivity contribution in [2.75, 3.05) is 0 Å². The average Bonchev–Trinajstić information content (AvgIpc) is 2.49. The number of carboxylic acids is 1. The molecule has 60 valence electrons. The Morgan fingerprint density at radius 3 is 3.08 bits per heavy atom. The molecule has 1 aromatic rings. The van der Waals surface area contributed by atoms with E-state index in [2.05, 4.69) is 10.2 Å². The second-order valence-electron chi connectivity index (χ2n) is 2.55. The van der Waals surface area contributed by atoms with Gasteiger partial charge in [0, 0.05) is 5.56 Å². The number of fused-ring (bicyclic) bond motifs is 1. The number of benzene rings is 1. The van der Waals surface area contributed by atoms with Crippen molar-refractivity contribution in [2.45, 2.75) is 6.54 Å². The van der Waals surface area contributed by atoms with E-state index in [0.717, 1.165) is 11.3 Å². The molecule has 0 unspecified atom stereocenters. The molecule has 1 aliphatic rings. The lowest BCUT2D eigenvalue weighted by atomic mass is 10.1. The van der Waals surface area contributed by atoms with E-state index in [1.165, 1.54) is 6.07 Å². The maximum absolute atomic E-state index is 10.5. The van der Waals surface area contributed by atoms with Gasteiger partial charge >= 0.3 is 5.97 Å². The zero-order valence-electron chi connectivity index (χ0n) is 6.19. The zero-order valence-corrected chi connectivity index (χ0v) is 6.19. The minimum atomic E-state index is -0.912. The molecule has 2 rings (SSSR count). The molecule has 12 heavy (non-hydrogen) atoms. The molecule has 0 aromatic heterocycles. The number of hydrogen-bond acceptors (Lipinski definition) is 3. The summed E-state index contributed by atoms with van der Waals surface area (Å²) in [5.74, 6) is -0.912. The van der Waals surface area contributed by atoms with Gasteiger partial charge in [-0.3, -0.25) is 0 Å². The molecule has 0 aliphatic carbocycles. The van der Waals surface area contributed by atoms with Crippen LogP contribution in [-0.2, 0) is 6.54 Å². The topological polar surface area (TPSA) is 62.0 Å². The summed E-state index contributed by atoms with van der Waals surface area (Å²) in [4.78, 5) is 10.5. The molecule has 0 radical (unpaired) electrons. The first kappa shape index (κ1) is 6.97. The molecule has 0 bridgehead atoms. The van der Waals surface area contributed by atoms with Gasteiger partial charge in [0.2, 0.25) is 0 Å². The summed E-state index contributed by atoms with van der Waals surface area (Å²) >= 11 is 0. The smallest absolute Gasteiger partial charge is 0.335 e. The van der Waals surface area contributed by atoms with Crippen molar-refractivity contribution in [1.82, 2.24) is 0 Å². The number of aromatic carboxylic acids is 1. The van der Waals surface area contributed by atoms with Crippen molar-refractivity contribution in [3.05, 3.63) is 29.3 Å². The SMILES string of the molecule is O=C(O)c1ccc2c(c1)CN=N2. The first-order valence-electron chi connectivity index (χ1n) is 3.51. The van der Waals surface area contributed by atoms with E-state index in [4.69, 9.17) is 5.11 Å². The highest BCUT2D eigenvalue weighted by Crippen LogP contribution is 2.27. The summed E-state index contributed by atoms with van der Waals surface area (Å²) in [6.07, 6.45) is 0. The van der Waals surface area contributed by atoms with Gasteiger partial charge in [-0.15, -0.1) is 0 Å². The minimum absolute atomic E-state index is 0.293. The van der Waals surface area contributed by atoms with Gasteiger partial charge in [0.1, 0.15) is 0 Å². The highest BCUT2D eigenvalue weighted by atomic mass is 16.4. The molecule has 0 saturated heterocycles. The van der Waals surface area contributed by atoms with Gasteiger partial charge in [-0.25, -0.2) is 4.79 Å². The number of carboxylic acid groups (broad SMARTS) is 1. The van der Waals surface area contributed by atoms with Crippen LogP contribution in [0.15, 0.2) is 28.4 Å². The zero-order chi connectivity index (χ0) is 8.55. The van der Waals surface area contributed by atoms with E-state index in [1.807, 2.05) is 0 Å². The molecule has 0 amide bonds. The highest BCUT2D eigenvalue weighted by molar-refractivity contribution is 5.88. The minimum Gasteiger partial charge on any atom is -0.478 e. The van der Waals surface area contributed by atoms with Gasteiger partial charge in [0.05, 0.1) is 17.8 Å². The van der Waals surface area contributed by atoms with Gasteiger partial charge in [-0.1, -0.05) is 0 Å². The fraction of sp³-hybridized carbons (Fsp3) is 0.125. The fourth-order valence-corrected chi connectivity index (χ4v) is 1.13. The van der Waals surface area contributed by atoms with Gasteiger partial charge in [0.25, 0.3) is 0 Å². The second-order valence-corrected chi connectivity index (χ2v) is 2.55. The van der Waals surface area contributed by atoms with Gasteiger partial charge in [0.15, 0.2) is 0 Å². The Bertz CT molecular complexity index is 371. The predicted molar refractivity (Wildman–Crippen MR) is 41.6 cm³/mol. The molecule has 1 N–H and O–H groups in total. The van der Waals surface area contributed by atoms with E-state index in [1.54, 1.807) is 12.1 Å². The molecule has 1 aromatic carbocycles. The Kier molecular flexibility index (Phi) is 1.40. The lowest BCUT2D eigenvalue weighted by Gasteiger charge is -1.96. The van der Waals surface area contributed by atoms with Crippen molar-refractivity contribution >= 4 is 11.7 Å². The molecule has 4 nitrogen and oxygen atoms in total. The lowest BCUT2D eigenvalue weighted by Crippen LogP contribution is -1.96. The molecular formula is C8H6N2O2. The van der Waals surface area contributed by atoms with E-state index in [0.29, 0.717) is 12.1 Å². The summed E-state index contributed by atoms with van der Waals surface area (Å²) in [5, 5.41) is 16.3. The van der Waals surface area contributed by atoms with Crippen LogP contribution in [-0.4, -0.2) is 11.1 Å². The largest absolute Gasteiger partial charge is 0.478 e. The summed E-state index contributed by atoms with van der Waals surface area (Å²) in [5.41, 5.74) is 1.95. The molecule has 0 saturated carbocycles. The molecule has 0 fully saturated rings. The van der Waals surface area contributed by atoms with Crippen LogP contribution in [0.2, 0.25) is 0 Å². The van der Waals surface area contributed by atoms with Crippen LogP contribution >= 0.6 is 0 Å². The van der Waals surface area contributed by atoms with Crippen LogP contribution in [0.25, 0.3) is 0 Å². The van der Waals surface area contributed by atoms with Crippen molar-refractivity contribution in [1.29, 1.82) is 0 Å². The Morgan fingerprint density at radius 2 is 2.33 bits per heavy atom. The number of nitrogens with zero attached hydrogens (tertiary/aromatic N) is 2. The normalized spacial score (nSPS) is 13.0. The Morgan fingerprint density at radius 1 is 1.50 bits per heavy atom. The van der Waals surface area contributed by atoms with Crippen LogP contribution in [0.5, 0.6) is 0 Å². The third-order valence-electron chi connectivity index (χ3n) is 1.75. The van der Waals surface area contributed by atoms with Gasteiger partial charge in [-0.2, -0.15) is 10.2 Å². The molecule has 4 heteroatoms. The van der Waals surface area contributed by atoms with Crippen LogP contribution in [0, 0.1) is 0 Å². The lowest BCUT2D eigenvalue weighted by molar-refractivity contribution is 0.0697. The summed E-state index contributed by atoms with van der Waals surface area (Å²) in [6.45, 7) is 0.496. The first-order valence-corrected chi connectivity index (χ1v) is 3.51. The summed E-state index contributed by atoms with van der Waals surface area (Å²) in [7, 11) is 0. The Labute approximate surface area is 68.6 Å². The van der Waals surface area contributed by atoms with Crippen molar-refractivity contribution in [3.63, 3.8) is 0 Å². The molecule has 0 spiro atoms. The highest BCUT2D eigenvalue weighted by Gasteiger charge is 2.10.